The Bertz CT molecular complexity index is 2550. The third kappa shape index (κ3) is 5.48. The molecular formula is C51H35N. The molecule has 1 aliphatic rings. The summed E-state index contributed by atoms with van der Waals surface area (Å²) in [6, 6.07) is 75.7. The molecule has 0 spiro atoms. The van der Waals surface area contributed by atoms with E-state index in [0.29, 0.717) is 0 Å². The molecule has 0 fully saturated rings. The van der Waals surface area contributed by atoms with E-state index in [1.165, 1.54) is 38.9 Å². The van der Waals surface area contributed by atoms with Crippen molar-refractivity contribution in [3.63, 3.8) is 0 Å². The fourth-order valence-electron chi connectivity index (χ4n) is 7.69. The summed E-state index contributed by atoms with van der Waals surface area (Å²) in [5.74, 6) is 7.49. The summed E-state index contributed by atoms with van der Waals surface area (Å²) in [6.07, 6.45) is 0. The number of para-hydroxylation sites is 1. The lowest BCUT2D eigenvalue weighted by Gasteiger charge is -2.31. The molecule has 0 heterocycles. The van der Waals surface area contributed by atoms with E-state index in [2.05, 4.69) is 223 Å². The second kappa shape index (κ2) is 13.4. The number of hydrogen-bond donors (Lipinski definition) is 0. The molecular weight excluding hydrogens is 627 g/mol. The van der Waals surface area contributed by atoms with E-state index in [4.69, 9.17) is 0 Å². The lowest BCUT2D eigenvalue weighted by molar-refractivity contribution is 0.837. The minimum absolute atomic E-state index is 0.680. The summed E-state index contributed by atoms with van der Waals surface area (Å²) >= 11 is 0. The highest BCUT2D eigenvalue weighted by Crippen LogP contribution is 2.54. The number of hydrogen-bond acceptors (Lipinski definition) is 1. The quantitative estimate of drug-likeness (QED) is 0.160. The molecule has 1 atom stereocenters. The molecule has 0 saturated carbocycles. The fourth-order valence-corrected chi connectivity index (χ4v) is 7.69. The van der Waals surface area contributed by atoms with Crippen LogP contribution in [0.15, 0.2) is 212 Å². The van der Waals surface area contributed by atoms with Crippen molar-refractivity contribution < 1.29 is 0 Å². The topological polar surface area (TPSA) is 3.24 Å². The molecule has 0 N–H and O–H groups in total. The second-order valence-electron chi connectivity index (χ2n) is 13.1. The van der Waals surface area contributed by atoms with Crippen molar-refractivity contribution >= 4 is 17.1 Å². The predicted molar refractivity (Wildman–Crippen MR) is 217 cm³/mol. The molecule has 0 radical (unpaired) electrons. The summed E-state index contributed by atoms with van der Waals surface area (Å²) in [6.45, 7) is 0. The molecule has 1 nitrogen and oxygen atoms in total. The molecule has 0 bridgehead atoms. The van der Waals surface area contributed by atoms with Crippen LogP contribution in [-0.4, -0.2) is 0 Å². The van der Waals surface area contributed by atoms with E-state index in [0.717, 1.165) is 33.8 Å². The zero-order chi connectivity index (χ0) is 34.7. The van der Waals surface area contributed by atoms with Crippen LogP contribution in [0.25, 0.3) is 33.4 Å². The van der Waals surface area contributed by atoms with Gasteiger partial charge in [-0.3, -0.25) is 0 Å². The normalized spacial score (nSPS) is 14.1. The van der Waals surface area contributed by atoms with Crippen LogP contribution in [0.3, 0.4) is 0 Å². The lowest BCUT2D eigenvalue weighted by Crippen LogP contribution is -2.25. The Hall–Kier alpha value is -6.88. The van der Waals surface area contributed by atoms with Gasteiger partial charge in [0.05, 0.1) is 5.69 Å². The summed E-state index contributed by atoms with van der Waals surface area (Å²) in [4.78, 5) is 2.40. The monoisotopic (exact) mass is 661 g/mol. The smallest absolute Gasteiger partial charge is 0.108 e. The summed E-state index contributed by atoms with van der Waals surface area (Å²) in [5.41, 5.74) is 14.3. The van der Waals surface area contributed by atoms with Gasteiger partial charge in [-0.05, 0) is 87.0 Å². The van der Waals surface area contributed by atoms with Crippen molar-refractivity contribution in [2.45, 2.75) is 5.41 Å². The molecule has 0 amide bonds. The molecule has 0 saturated heterocycles. The molecule has 244 valence electrons. The van der Waals surface area contributed by atoms with Crippen LogP contribution >= 0.6 is 0 Å². The summed E-state index contributed by atoms with van der Waals surface area (Å²) < 4.78 is 0. The van der Waals surface area contributed by atoms with Crippen molar-refractivity contribution in [3.05, 3.63) is 235 Å². The Morgan fingerprint density at radius 2 is 0.885 bits per heavy atom. The van der Waals surface area contributed by atoms with Gasteiger partial charge in [0.2, 0.25) is 0 Å². The van der Waals surface area contributed by atoms with Gasteiger partial charge in [0, 0.05) is 22.5 Å². The highest BCUT2D eigenvalue weighted by molar-refractivity contribution is 5.92. The van der Waals surface area contributed by atoms with Crippen LogP contribution < -0.4 is 4.90 Å². The first-order valence-electron chi connectivity index (χ1n) is 17.8. The van der Waals surface area contributed by atoms with Gasteiger partial charge < -0.3 is 4.90 Å². The first-order valence-corrected chi connectivity index (χ1v) is 17.8. The average Bonchev–Trinajstić information content (AvgIpc) is 3.51. The Balaban J connectivity index is 1.29. The van der Waals surface area contributed by atoms with E-state index in [-0.39, 0.29) is 0 Å². The largest absolute Gasteiger partial charge is 0.310 e. The molecule has 0 aromatic heterocycles. The third-order valence-electron chi connectivity index (χ3n) is 10.1. The molecule has 9 rings (SSSR count). The van der Waals surface area contributed by atoms with Gasteiger partial charge in [0.15, 0.2) is 0 Å². The van der Waals surface area contributed by atoms with Crippen LogP contribution in [0, 0.1) is 11.8 Å². The molecule has 0 aliphatic heterocycles. The first-order chi connectivity index (χ1) is 25.8. The van der Waals surface area contributed by atoms with Crippen LogP contribution in [0.5, 0.6) is 0 Å². The Morgan fingerprint density at radius 3 is 1.60 bits per heavy atom. The lowest BCUT2D eigenvalue weighted by atomic mass is 9.72. The van der Waals surface area contributed by atoms with Gasteiger partial charge >= 0.3 is 0 Å². The first kappa shape index (κ1) is 31.1. The van der Waals surface area contributed by atoms with Gasteiger partial charge in [0.25, 0.3) is 0 Å². The van der Waals surface area contributed by atoms with E-state index in [9.17, 15) is 0 Å². The standard InChI is InChI=1S/C51H35N/c1-5-17-38(18-6-1)35-36-51(42-23-11-4-12-24-42)48-27-15-13-26-46(48)47-34-33-44(37-49(47)51)52(43-31-29-40(30-32-43)39-19-7-2-8-20-39)50-28-16-14-25-45(50)41-21-9-3-10-22-41/h1-34,37H. The van der Waals surface area contributed by atoms with E-state index in [1.807, 2.05) is 6.07 Å². The van der Waals surface area contributed by atoms with Crippen molar-refractivity contribution in [2.24, 2.45) is 0 Å². The highest BCUT2D eigenvalue weighted by atomic mass is 15.1. The van der Waals surface area contributed by atoms with E-state index in [1.54, 1.807) is 0 Å². The van der Waals surface area contributed by atoms with E-state index >= 15 is 0 Å². The van der Waals surface area contributed by atoms with Gasteiger partial charge in [-0.15, -0.1) is 0 Å². The molecule has 8 aromatic carbocycles. The number of anilines is 3. The van der Waals surface area contributed by atoms with E-state index < -0.39 is 5.41 Å². The third-order valence-corrected chi connectivity index (χ3v) is 10.1. The molecule has 1 heteroatoms. The number of nitrogens with zero attached hydrogens (tertiary/aromatic N) is 1. The van der Waals surface area contributed by atoms with Gasteiger partial charge in [-0.25, -0.2) is 0 Å². The van der Waals surface area contributed by atoms with Crippen molar-refractivity contribution in [2.75, 3.05) is 4.90 Å². The Morgan fingerprint density at radius 1 is 0.365 bits per heavy atom. The van der Waals surface area contributed by atoms with Crippen LogP contribution in [0.4, 0.5) is 17.1 Å². The minimum atomic E-state index is -0.680. The Kier molecular flexibility index (Phi) is 8.05. The minimum Gasteiger partial charge on any atom is -0.310 e. The fraction of sp³-hybridized carbons (Fsp3) is 0.0196. The maximum Gasteiger partial charge on any atom is 0.108 e. The zero-order valence-electron chi connectivity index (χ0n) is 28.7. The average molecular weight is 662 g/mol. The van der Waals surface area contributed by atoms with Gasteiger partial charge in [0.1, 0.15) is 5.41 Å². The number of rotatable bonds is 6. The summed E-state index contributed by atoms with van der Waals surface area (Å²) in [7, 11) is 0. The zero-order valence-corrected chi connectivity index (χ0v) is 28.7. The van der Waals surface area contributed by atoms with Gasteiger partial charge in [-0.1, -0.05) is 182 Å². The van der Waals surface area contributed by atoms with Crippen LogP contribution in [-0.2, 0) is 5.41 Å². The van der Waals surface area contributed by atoms with Crippen LogP contribution in [0.1, 0.15) is 22.3 Å². The maximum atomic E-state index is 3.88. The molecule has 52 heavy (non-hydrogen) atoms. The Labute approximate surface area is 306 Å². The predicted octanol–water partition coefficient (Wildman–Crippen LogP) is 12.9. The SMILES string of the molecule is C(#CC1(c2ccccc2)c2ccccc2-c2ccc(N(c3ccc(-c4ccccc4)cc3)c3ccccc3-c3ccccc3)cc21)c1ccccc1. The number of fused-ring (bicyclic) bond motifs is 3. The van der Waals surface area contributed by atoms with Crippen LogP contribution in [0.2, 0.25) is 0 Å². The highest BCUT2D eigenvalue weighted by Gasteiger charge is 2.44. The van der Waals surface area contributed by atoms with Gasteiger partial charge in [-0.2, -0.15) is 0 Å². The molecule has 1 aliphatic carbocycles. The van der Waals surface area contributed by atoms with Crippen molar-refractivity contribution in [1.82, 2.24) is 0 Å². The molecule has 1 unspecified atom stereocenters. The number of benzene rings is 8. The van der Waals surface area contributed by atoms with Crippen molar-refractivity contribution in [1.29, 1.82) is 0 Å². The second-order valence-corrected chi connectivity index (χ2v) is 13.1. The molecule has 8 aromatic rings. The summed E-state index contributed by atoms with van der Waals surface area (Å²) in [5, 5.41) is 0. The van der Waals surface area contributed by atoms with Crippen molar-refractivity contribution in [3.8, 4) is 45.2 Å². The maximum absolute atomic E-state index is 3.88.